The van der Waals surface area contributed by atoms with Gasteiger partial charge in [-0.25, -0.2) is 4.98 Å². The third-order valence-corrected chi connectivity index (χ3v) is 4.20. The molecule has 18 heavy (non-hydrogen) atoms. The van der Waals surface area contributed by atoms with E-state index in [1.54, 1.807) is 36.5 Å². The van der Waals surface area contributed by atoms with Crippen LogP contribution in [-0.4, -0.2) is 16.7 Å². The van der Waals surface area contributed by atoms with Crippen LogP contribution in [0.3, 0.4) is 0 Å². The molecule has 0 amide bonds. The molecule has 1 aromatic heterocycles. The Morgan fingerprint density at radius 3 is 2.67 bits per heavy atom. The van der Waals surface area contributed by atoms with Gasteiger partial charge in [0.25, 0.3) is 0 Å². The third-order valence-electron chi connectivity index (χ3n) is 2.32. The Kier molecular flexibility index (Phi) is 6.44. The Labute approximate surface area is 148 Å². The molecular formula is C11H12KN2O3P. The number of nitrogens with zero attached hydrogens (tertiary/aromatic N) is 2. The molecule has 5 nitrogen and oxygen atoms in total. The van der Waals surface area contributed by atoms with Gasteiger partial charge in [-0.3, -0.25) is 0 Å². The fourth-order valence-corrected chi connectivity index (χ4v) is 3.02. The second-order valence-electron chi connectivity index (χ2n) is 3.50. The van der Waals surface area contributed by atoms with Crippen molar-refractivity contribution in [3.05, 3.63) is 42.7 Å². The number of hydrogen-bond donors (Lipinski definition) is 0. The summed E-state index contributed by atoms with van der Waals surface area (Å²) in [6.07, 6.45) is 3.02. The second kappa shape index (κ2) is 7.12. The maximum Gasteiger partial charge on any atom is 1.00 e. The molecule has 0 radical (unpaired) electrons. The minimum Gasteiger partial charge on any atom is -0.790 e. The van der Waals surface area contributed by atoms with Gasteiger partial charge in [-0.05, 0) is 0 Å². The van der Waals surface area contributed by atoms with Gasteiger partial charge in [0.1, 0.15) is 14.1 Å². The maximum atomic E-state index is 12.3. The smallest absolute Gasteiger partial charge is 0.790 e. The molecule has 1 heterocycles. The molecule has 0 aliphatic rings. The number of rotatable bonds is 4. The first-order valence-corrected chi connectivity index (χ1v) is 6.66. The van der Waals surface area contributed by atoms with Gasteiger partial charge < -0.3 is 18.8 Å². The van der Waals surface area contributed by atoms with E-state index in [1.165, 1.54) is 17.9 Å². The zero-order valence-corrected chi connectivity index (χ0v) is 14.3. The van der Waals surface area contributed by atoms with Crippen molar-refractivity contribution in [3.8, 4) is 0 Å². The van der Waals surface area contributed by atoms with Gasteiger partial charge >= 0.3 is 51.4 Å². The molecule has 1 atom stereocenters. The van der Waals surface area contributed by atoms with E-state index in [-0.39, 0.29) is 69.0 Å². The first-order valence-electron chi connectivity index (χ1n) is 5.03. The molecule has 7 heteroatoms. The number of ether oxygens (including phenoxy) is 1. The van der Waals surface area contributed by atoms with Gasteiger partial charge in [0.15, 0.2) is 5.57 Å². The SMILES string of the molecule is COCn1ccnc1P(=O)([O-])c1ccccc1.[K+]. The zero-order valence-electron chi connectivity index (χ0n) is 10.3. The van der Waals surface area contributed by atoms with Crippen molar-refractivity contribution in [1.82, 2.24) is 9.55 Å². The predicted molar refractivity (Wildman–Crippen MR) is 62.6 cm³/mol. The van der Waals surface area contributed by atoms with Crippen LogP contribution in [0.25, 0.3) is 0 Å². The van der Waals surface area contributed by atoms with E-state index in [4.69, 9.17) is 4.74 Å². The van der Waals surface area contributed by atoms with E-state index in [9.17, 15) is 9.46 Å². The normalized spacial score (nSPS) is 13.7. The summed E-state index contributed by atoms with van der Waals surface area (Å²) in [6.45, 7) is 0.161. The zero-order chi connectivity index (χ0) is 12.3. The van der Waals surface area contributed by atoms with E-state index in [1.807, 2.05) is 0 Å². The van der Waals surface area contributed by atoms with Crippen LogP contribution in [0.1, 0.15) is 0 Å². The maximum absolute atomic E-state index is 12.3. The summed E-state index contributed by atoms with van der Waals surface area (Å²) in [5.41, 5.74) is 0.0190. The summed E-state index contributed by atoms with van der Waals surface area (Å²) in [5, 5.41) is 0.253. The third kappa shape index (κ3) is 3.40. The van der Waals surface area contributed by atoms with E-state index >= 15 is 0 Å². The predicted octanol–water partition coefficient (Wildman–Crippen LogP) is -2.92. The average molecular weight is 290 g/mol. The monoisotopic (exact) mass is 290 g/mol. The summed E-state index contributed by atoms with van der Waals surface area (Å²) >= 11 is 0. The van der Waals surface area contributed by atoms with Crippen molar-refractivity contribution >= 4 is 18.2 Å². The summed E-state index contributed by atoms with van der Waals surface area (Å²) in [5.74, 6) is 0. The number of benzene rings is 1. The van der Waals surface area contributed by atoms with Crippen LogP contribution in [0.4, 0.5) is 0 Å². The van der Waals surface area contributed by atoms with Gasteiger partial charge in [0.05, 0.1) is 0 Å². The molecule has 0 spiro atoms. The molecule has 1 unspecified atom stereocenters. The topological polar surface area (TPSA) is 67.2 Å². The molecule has 2 rings (SSSR count). The van der Waals surface area contributed by atoms with Crippen molar-refractivity contribution in [1.29, 1.82) is 0 Å². The van der Waals surface area contributed by atoms with Gasteiger partial charge in [-0.1, -0.05) is 30.3 Å². The standard InChI is InChI=1S/C11H13N2O3P.K/c1-16-9-13-8-7-12-11(13)17(14,15)10-5-3-2-4-6-10;/h2-8H,9H2,1H3,(H,14,15);/q;+1/p-1. The van der Waals surface area contributed by atoms with Gasteiger partial charge in [-0.2, -0.15) is 0 Å². The van der Waals surface area contributed by atoms with Crippen molar-refractivity contribution < 1.29 is 65.6 Å². The first-order chi connectivity index (χ1) is 8.16. The summed E-state index contributed by atoms with van der Waals surface area (Å²) < 4.78 is 18.7. The Morgan fingerprint density at radius 1 is 1.39 bits per heavy atom. The fourth-order valence-electron chi connectivity index (χ4n) is 1.55. The van der Waals surface area contributed by atoms with E-state index in [0.29, 0.717) is 0 Å². The van der Waals surface area contributed by atoms with Crippen molar-refractivity contribution in [2.75, 3.05) is 7.11 Å². The molecule has 0 bridgehead atoms. The van der Waals surface area contributed by atoms with Crippen molar-refractivity contribution in [2.45, 2.75) is 6.73 Å². The summed E-state index contributed by atoms with van der Waals surface area (Å²) in [7, 11) is -2.39. The summed E-state index contributed by atoms with van der Waals surface area (Å²) in [4.78, 5) is 16.2. The van der Waals surface area contributed by atoms with Crippen LogP contribution in [0.5, 0.6) is 0 Å². The van der Waals surface area contributed by atoms with Gasteiger partial charge in [0.2, 0.25) is 0 Å². The molecule has 2 aromatic rings. The number of methoxy groups -OCH3 is 1. The number of aromatic nitrogens is 2. The van der Waals surface area contributed by atoms with Crippen LogP contribution < -0.4 is 67.1 Å². The van der Waals surface area contributed by atoms with E-state index in [0.717, 1.165) is 0 Å². The van der Waals surface area contributed by atoms with Crippen LogP contribution in [0.2, 0.25) is 0 Å². The van der Waals surface area contributed by atoms with Crippen LogP contribution in [-0.2, 0) is 16.0 Å². The van der Waals surface area contributed by atoms with Crippen LogP contribution >= 0.6 is 7.37 Å². The molecule has 0 N–H and O–H groups in total. The minimum absolute atomic E-state index is 0. The molecular weight excluding hydrogens is 278 g/mol. The van der Waals surface area contributed by atoms with Crippen LogP contribution in [0.15, 0.2) is 42.7 Å². The molecule has 90 valence electrons. The van der Waals surface area contributed by atoms with Crippen LogP contribution in [0, 0.1) is 0 Å². The minimum atomic E-state index is -3.89. The first kappa shape index (κ1) is 16.3. The average Bonchev–Trinajstić information content (AvgIpc) is 2.80. The number of hydrogen-bond acceptors (Lipinski definition) is 4. The second-order valence-corrected chi connectivity index (χ2v) is 5.52. The van der Waals surface area contributed by atoms with E-state index < -0.39 is 7.37 Å². The largest absolute Gasteiger partial charge is 1.00 e. The van der Waals surface area contributed by atoms with E-state index in [2.05, 4.69) is 4.98 Å². The van der Waals surface area contributed by atoms with Gasteiger partial charge in [-0.15, -0.1) is 0 Å². The quantitative estimate of drug-likeness (QED) is 0.447. The van der Waals surface area contributed by atoms with Crippen molar-refractivity contribution in [3.63, 3.8) is 0 Å². The van der Waals surface area contributed by atoms with Crippen molar-refractivity contribution in [2.24, 2.45) is 0 Å². The molecule has 0 aliphatic carbocycles. The fraction of sp³-hybridized carbons (Fsp3) is 0.182. The summed E-state index contributed by atoms with van der Waals surface area (Å²) in [6, 6.07) is 8.25. The number of imidazole rings is 1. The Morgan fingerprint density at radius 2 is 2.06 bits per heavy atom. The molecule has 0 saturated heterocycles. The Hall–Kier alpha value is 0.216. The molecule has 1 aromatic carbocycles. The molecule has 0 fully saturated rings. The molecule has 0 aliphatic heterocycles. The Bertz CT molecular complexity index is 544. The van der Waals surface area contributed by atoms with Gasteiger partial charge in [0, 0.05) is 24.8 Å². The Balaban J connectivity index is 0.00000162. The molecule has 0 saturated carbocycles.